The summed E-state index contributed by atoms with van der Waals surface area (Å²) in [6, 6.07) is 13.8. The molecule has 1 aromatic carbocycles. The van der Waals surface area contributed by atoms with Crippen molar-refractivity contribution in [1.82, 2.24) is 5.32 Å². The Hall–Kier alpha value is -1.81. The molecule has 1 fully saturated rings. The van der Waals surface area contributed by atoms with Gasteiger partial charge in [-0.15, -0.1) is 11.3 Å². The van der Waals surface area contributed by atoms with Crippen LogP contribution in [0.2, 0.25) is 0 Å². The number of benzene rings is 1. The fourth-order valence-electron chi connectivity index (χ4n) is 3.06. The highest BCUT2D eigenvalue weighted by Gasteiger charge is 2.28. The lowest BCUT2D eigenvalue weighted by Crippen LogP contribution is -2.35. The van der Waals surface area contributed by atoms with E-state index in [9.17, 15) is 4.79 Å². The summed E-state index contributed by atoms with van der Waals surface area (Å²) >= 11 is 1.72. The van der Waals surface area contributed by atoms with Crippen molar-refractivity contribution in [1.29, 1.82) is 0 Å². The molecule has 0 unspecified atom stereocenters. The number of thiophene rings is 1. The SMILES string of the molecule is O=C(COc1ccccc1)N[C@@H](c1cccs1)C1CCCC1. The van der Waals surface area contributed by atoms with Gasteiger partial charge in [-0.1, -0.05) is 37.1 Å². The second kappa shape index (κ2) is 7.45. The Morgan fingerprint density at radius 1 is 1.18 bits per heavy atom. The lowest BCUT2D eigenvalue weighted by molar-refractivity contribution is -0.124. The minimum absolute atomic E-state index is 0.0471. The quantitative estimate of drug-likeness (QED) is 0.868. The Bertz CT molecular complexity index is 576. The largest absolute Gasteiger partial charge is 0.484 e. The maximum Gasteiger partial charge on any atom is 0.258 e. The summed E-state index contributed by atoms with van der Waals surface area (Å²) in [5, 5.41) is 5.25. The van der Waals surface area contributed by atoms with Gasteiger partial charge in [-0.3, -0.25) is 4.79 Å². The smallest absolute Gasteiger partial charge is 0.258 e. The Kier molecular flexibility index (Phi) is 5.11. The molecule has 1 saturated carbocycles. The predicted octanol–water partition coefficient (Wildman–Crippen LogP) is 4.17. The van der Waals surface area contributed by atoms with Crippen molar-refractivity contribution in [2.75, 3.05) is 6.61 Å². The van der Waals surface area contributed by atoms with Gasteiger partial charge in [-0.05, 0) is 42.3 Å². The van der Waals surface area contributed by atoms with E-state index in [2.05, 4.69) is 22.8 Å². The van der Waals surface area contributed by atoms with Gasteiger partial charge in [0, 0.05) is 4.88 Å². The molecule has 0 aliphatic heterocycles. The molecule has 1 heterocycles. The summed E-state index contributed by atoms with van der Waals surface area (Å²) < 4.78 is 5.54. The first-order valence-corrected chi connectivity index (χ1v) is 8.71. The van der Waals surface area contributed by atoms with Crippen molar-refractivity contribution >= 4 is 17.2 Å². The summed E-state index contributed by atoms with van der Waals surface area (Å²) in [6.45, 7) is 0.0681. The second-order valence-electron chi connectivity index (χ2n) is 5.71. The van der Waals surface area contributed by atoms with E-state index in [-0.39, 0.29) is 18.6 Å². The van der Waals surface area contributed by atoms with Crippen LogP contribution in [0, 0.1) is 5.92 Å². The van der Waals surface area contributed by atoms with Crippen molar-refractivity contribution in [3.8, 4) is 5.75 Å². The number of rotatable bonds is 6. The zero-order valence-corrected chi connectivity index (χ0v) is 13.4. The number of ether oxygens (including phenoxy) is 1. The zero-order chi connectivity index (χ0) is 15.2. The lowest BCUT2D eigenvalue weighted by Gasteiger charge is -2.23. The normalized spacial score (nSPS) is 16.4. The van der Waals surface area contributed by atoms with E-state index >= 15 is 0 Å². The molecule has 1 aliphatic carbocycles. The molecule has 4 heteroatoms. The highest BCUT2D eigenvalue weighted by Crippen LogP contribution is 2.37. The summed E-state index contributed by atoms with van der Waals surface area (Å²) in [6.07, 6.45) is 4.93. The number of carbonyl (C=O) groups excluding carboxylic acids is 1. The van der Waals surface area contributed by atoms with E-state index in [0.717, 1.165) is 5.75 Å². The van der Waals surface area contributed by atoms with Crippen LogP contribution in [-0.2, 0) is 4.79 Å². The monoisotopic (exact) mass is 315 g/mol. The summed E-state index contributed by atoms with van der Waals surface area (Å²) in [5.74, 6) is 1.24. The van der Waals surface area contributed by atoms with Gasteiger partial charge in [0.1, 0.15) is 5.75 Å². The first kappa shape index (κ1) is 15.1. The van der Waals surface area contributed by atoms with Crippen LogP contribution >= 0.6 is 11.3 Å². The van der Waals surface area contributed by atoms with Crippen molar-refractivity contribution in [3.05, 3.63) is 52.7 Å². The molecular formula is C18H21NO2S. The molecule has 1 N–H and O–H groups in total. The van der Waals surface area contributed by atoms with Crippen LogP contribution in [0.1, 0.15) is 36.6 Å². The van der Waals surface area contributed by atoms with Crippen molar-refractivity contribution < 1.29 is 9.53 Å². The van der Waals surface area contributed by atoms with Gasteiger partial charge in [0.25, 0.3) is 5.91 Å². The average molecular weight is 315 g/mol. The van der Waals surface area contributed by atoms with Gasteiger partial charge >= 0.3 is 0 Å². The first-order chi connectivity index (χ1) is 10.8. The molecule has 1 amide bonds. The predicted molar refractivity (Wildman–Crippen MR) is 89.1 cm³/mol. The van der Waals surface area contributed by atoms with Crippen molar-refractivity contribution in [3.63, 3.8) is 0 Å². The standard InChI is InChI=1S/C18H21NO2S/c20-17(13-21-15-9-2-1-3-10-15)19-18(14-7-4-5-8-14)16-11-6-12-22-16/h1-3,6,9-12,14,18H,4-5,7-8,13H2,(H,19,20)/t18-/m1/s1. The van der Waals surface area contributed by atoms with Gasteiger partial charge in [0.05, 0.1) is 6.04 Å². The molecule has 0 bridgehead atoms. The lowest BCUT2D eigenvalue weighted by atomic mass is 9.96. The van der Waals surface area contributed by atoms with Gasteiger partial charge < -0.3 is 10.1 Å². The third kappa shape index (κ3) is 3.89. The number of hydrogen-bond acceptors (Lipinski definition) is 3. The fraction of sp³-hybridized carbons (Fsp3) is 0.389. The van der Waals surface area contributed by atoms with Crippen LogP contribution in [0.4, 0.5) is 0 Å². The maximum absolute atomic E-state index is 12.2. The molecule has 1 aliphatic rings. The van der Waals surface area contributed by atoms with E-state index < -0.39 is 0 Å². The fourth-order valence-corrected chi connectivity index (χ4v) is 3.93. The summed E-state index contributed by atoms with van der Waals surface area (Å²) in [4.78, 5) is 13.5. The van der Waals surface area contributed by atoms with Crippen LogP contribution in [0.15, 0.2) is 47.8 Å². The molecule has 3 rings (SSSR count). The molecule has 0 radical (unpaired) electrons. The molecular weight excluding hydrogens is 294 g/mol. The number of nitrogens with one attached hydrogen (secondary N) is 1. The third-order valence-electron chi connectivity index (χ3n) is 4.15. The van der Waals surface area contributed by atoms with E-state index in [1.807, 2.05) is 30.3 Å². The van der Waals surface area contributed by atoms with E-state index in [1.54, 1.807) is 11.3 Å². The average Bonchev–Trinajstić information content (AvgIpc) is 3.25. The molecule has 0 spiro atoms. The maximum atomic E-state index is 12.2. The topological polar surface area (TPSA) is 38.3 Å². The molecule has 1 aromatic heterocycles. The first-order valence-electron chi connectivity index (χ1n) is 7.83. The highest BCUT2D eigenvalue weighted by atomic mass is 32.1. The van der Waals surface area contributed by atoms with Gasteiger partial charge in [-0.2, -0.15) is 0 Å². The Morgan fingerprint density at radius 2 is 1.95 bits per heavy atom. The Balaban J connectivity index is 1.59. The minimum atomic E-state index is -0.0471. The van der Waals surface area contributed by atoms with Crippen molar-refractivity contribution in [2.45, 2.75) is 31.7 Å². The molecule has 22 heavy (non-hydrogen) atoms. The number of hydrogen-bond donors (Lipinski definition) is 1. The van der Waals surface area contributed by atoms with Gasteiger partial charge in [-0.25, -0.2) is 0 Å². The molecule has 0 saturated heterocycles. The molecule has 1 atom stereocenters. The second-order valence-corrected chi connectivity index (χ2v) is 6.69. The number of para-hydroxylation sites is 1. The van der Waals surface area contributed by atoms with Crippen molar-refractivity contribution in [2.24, 2.45) is 5.92 Å². The number of carbonyl (C=O) groups is 1. The molecule has 116 valence electrons. The molecule has 3 nitrogen and oxygen atoms in total. The van der Waals surface area contributed by atoms with Crippen LogP contribution in [0.3, 0.4) is 0 Å². The van der Waals surface area contributed by atoms with Crippen LogP contribution in [0.5, 0.6) is 5.75 Å². The molecule has 2 aromatic rings. The number of amides is 1. The van der Waals surface area contributed by atoms with E-state index in [1.165, 1.54) is 30.6 Å². The summed E-state index contributed by atoms with van der Waals surface area (Å²) in [5.41, 5.74) is 0. The minimum Gasteiger partial charge on any atom is -0.484 e. The highest BCUT2D eigenvalue weighted by molar-refractivity contribution is 7.10. The summed E-state index contributed by atoms with van der Waals surface area (Å²) in [7, 11) is 0. The van der Waals surface area contributed by atoms with E-state index in [4.69, 9.17) is 4.74 Å². The third-order valence-corrected chi connectivity index (χ3v) is 5.11. The van der Waals surface area contributed by atoms with E-state index in [0.29, 0.717) is 5.92 Å². The van der Waals surface area contributed by atoms with Gasteiger partial charge in [0.2, 0.25) is 0 Å². The van der Waals surface area contributed by atoms with Gasteiger partial charge in [0.15, 0.2) is 6.61 Å². The van der Waals surface area contributed by atoms with Crippen LogP contribution < -0.4 is 10.1 Å². The zero-order valence-electron chi connectivity index (χ0n) is 12.5. The Labute approximate surface area is 135 Å². The van der Waals surface area contributed by atoms with Crippen LogP contribution in [-0.4, -0.2) is 12.5 Å². The Morgan fingerprint density at radius 3 is 2.64 bits per heavy atom. The van der Waals surface area contributed by atoms with Crippen LogP contribution in [0.25, 0.3) is 0 Å².